The summed E-state index contributed by atoms with van der Waals surface area (Å²) in [5, 5.41) is 4.18. The Morgan fingerprint density at radius 2 is 1.95 bits per heavy atom. The smallest absolute Gasteiger partial charge is 0.224 e. The van der Waals surface area contributed by atoms with Crippen molar-refractivity contribution in [1.29, 1.82) is 0 Å². The van der Waals surface area contributed by atoms with E-state index < -0.39 is 0 Å². The maximum atomic E-state index is 11.9. The van der Waals surface area contributed by atoms with Crippen LogP contribution in [0.1, 0.15) is 11.1 Å². The minimum Gasteiger partial charge on any atom is -0.361 e. The highest BCUT2D eigenvalue weighted by molar-refractivity contribution is 5.83. The van der Waals surface area contributed by atoms with Crippen LogP contribution in [-0.4, -0.2) is 22.4 Å². The second kappa shape index (κ2) is 6.22. The molecule has 106 valence electrons. The van der Waals surface area contributed by atoms with Crippen molar-refractivity contribution in [2.24, 2.45) is 0 Å². The number of para-hydroxylation sites is 1. The second-order valence-electron chi connectivity index (χ2n) is 4.99. The first-order valence-electron chi connectivity index (χ1n) is 7.03. The predicted octanol–water partition coefficient (Wildman–Crippen LogP) is 2.46. The van der Waals surface area contributed by atoms with Crippen molar-refractivity contribution in [2.75, 3.05) is 6.54 Å². The minimum atomic E-state index is 0.0426. The fraction of sp³-hybridized carbons (Fsp3) is 0.176. The summed E-state index contributed by atoms with van der Waals surface area (Å²) in [6.07, 6.45) is 6.64. The number of benzene rings is 1. The summed E-state index contributed by atoms with van der Waals surface area (Å²) < 4.78 is 0. The summed E-state index contributed by atoms with van der Waals surface area (Å²) >= 11 is 0. The topological polar surface area (TPSA) is 57.8 Å². The van der Waals surface area contributed by atoms with E-state index in [-0.39, 0.29) is 5.91 Å². The van der Waals surface area contributed by atoms with Gasteiger partial charge in [0.25, 0.3) is 0 Å². The van der Waals surface area contributed by atoms with Crippen molar-refractivity contribution in [2.45, 2.75) is 12.8 Å². The molecule has 0 bridgehead atoms. The highest BCUT2D eigenvalue weighted by atomic mass is 16.1. The molecule has 0 radical (unpaired) electrons. The molecule has 0 aliphatic heterocycles. The van der Waals surface area contributed by atoms with Gasteiger partial charge in [0.2, 0.25) is 5.91 Å². The Morgan fingerprint density at radius 1 is 1.14 bits per heavy atom. The van der Waals surface area contributed by atoms with E-state index in [2.05, 4.69) is 27.4 Å². The van der Waals surface area contributed by atoms with Gasteiger partial charge in [0.15, 0.2) is 0 Å². The molecule has 0 spiro atoms. The first kappa shape index (κ1) is 13.4. The lowest BCUT2D eigenvalue weighted by molar-refractivity contribution is -0.120. The first-order chi connectivity index (χ1) is 10.3. The Morgan fingerprint density at radius 3 is 2.81 bits per heavy atom. The number of aromatic amines is 1. The molecule has 0 saturated carbocycles. The maximum absolute atomic E-state index is 11.9. The number of hydrogen-bond donors (Lipinski definition) is 2. The zero-order valence-corrected chi connectivity index (χ0v) is 11.7. The molecule has 2 heterocycles. The molecule has 1 amide bonds. The Balaban J connectivity index is 1.53. The number of rotatable bonds is 5. The van der Waals surface area contributed by atoms with Crippen molar-refractivity contribution in [1.82, 2.24) is 15.3 Å². The Kier molecular flexibility index (Phi) is 3.96. The lowest BCUT2D eigenvalue weighted by Crippen LogP contribution is -2.27. The molecule has 3 rings (SSSR count). The molecule has 0 unspecified atom stereocenters. The van der Waals surface area contributed by atoms with E-state index in [1.807, 2.05) is 30.5 Å². The first-order valence-corrected chi connectivity index (χ1v) is 7.03. The minimum absolute atomic E-state index is 0.0426. The fourth-order valence-electron chi connectivity index (χ4n) is 2.42. The lowest BCUT2D eigenvalue weighted by atomic mass is 10.1. The molecule has 21 heavy (non-hydrogen) atoms. The van der Waals surface area contributed by atoms with Crippen LogP contribution < -0.4 is 5.32 Å². The highest BCUT2D eigenvalue weighted by Gasteiger charge is 2.05. The van der Waals surface area contributed by atoms with Crippen molar-refractivity contribution >= 4 is 16.8 Å². The molecule has 0 atom stereocenters. The van der Waals surface area contributed by atoms with Gasteiger partial charge in [-0.15, -0.1) is 0 Å². The number of carbonyl (C=O) groups is 1. The van der Waals surface area contributed by atoms with E-state index in [1.54, 1.807) is 12.4 Å². The fourth-order valence-corrected chi connectivity index (χ4v) is 2.42. The number of pyridine rings is 1. The monoisotopic (exact) mass is 279 g/mol. The van der Waals surface area contributed by atoms with Crippen LogP contribution in [0.25, 0.3) is 10.9 Å². The van der Waals surface area contributed by atoms with Crippen molar-refractivity contribution in [3.8, 4) is 0 Å². The van der Waals surface area contributed by atoms with E-state index in [1.165, 1.54) is 10.9 Å². The van der Waals surface area contributed by atoms with Gasteiger partial charge in [-0.2, -0.15) is 0 Å². The van der Waals surface area contributed by atoms with E-state index in [4.69, 9.17) is 0 Å². The van der Waals surface area contributed by atoms with Gasteiger partial charge in [0.1, 0.15) is 0 Å². The van der Waals surface area contributed by atoms with Gasteiger partial charge in [-0.05, 0) is 35.7 Å². The normalized spacial score (nSPS) is 10.7. The molecule has 0 aliphatic rings. The van der Waals surface area contributed by atoms with Gasteiger partial charge >= 0.3 is 0 Å². The highest BCUT2D eigenvalue weighted by Crippen LogP contribution is 2.17. The van der Waals surface area contributed by atoms with Gasteiger partial charge in [0, 0.05) is 36.0 Å². The molecule has 3 aromatic rings. The standard InChI is InChI=1S/C17H17N3O/c21-17(11-13-5-8-18-9-6-13)19-10-7-14-12-20-16-4-2-1-3-15(14)16/h1-6,8-9,12,20H,7,10-11H2,(H,19,21). The van der Waals surface area contributed by atoms with Crippen LogP contribution in [0, 0.1) is 0 Å². The number of nitrogens with one attached hydrogen (secondary N) is 2. The number of aromatic nitrogens is 2. The Hall–Kier alpha value is -2.62. The zero-order chi connectivity index (χ0) is 14.5. The van der Waals surface area contributed by atoms with E-state index in [9.17, 15) is 4.79 Å². The van der Waals surface area contributed by atoms with Gasteiger partial charge < -0.3 is 10.3 Å². The quantitative estimate of drug-likeness (QED) is 0.753. The van der Waals surface area contributed by atoms with Crippen molar-refractivity contribution < 1.29 is 4.79 Å². The van der Waals surface area contributed by atoms with Crippen molar-refractivity contribution in [3.63, 3.8) is 0 Å². The van der Waals surface area contributed by atoms with Crippen LogP contribution in [0.4, 0.5) is 0 Å². The number of nitrogens with zero attached hydrogens (tertiary/aromatic N) is 1. The number of fused-ring (bicyclic) bond motifs is 1. The van der Waals surface area contributed by atoms with Crippen LogP contribution in [0.3, 0.4) is 0 Å². The van der Waals surface area contributed by atoms with E-state index >= 15 is 0 Å². The Bertz CT molecular complexity index is 734. The number of H-pyrrole nitrogens is 1. The summed E-state index contributed by atoms with van der Waals surface area (Å²) in [7, 11) is 0. The molecule has 4 nitrogen and oxygen atoms in total. The van der Waals surface area contributed by atoms with Crippen LogP contribution in [0.5, 0.6) is 0 Å². The second-order valence-corrected chi connectivity index (χ2v) is 4.99. The molecule has 0 saturated heterocycles. The molecular formula is C17H17N3O. The van der Waals surface area contributed by atoms with Gasteiger partial charge in [-0.25, -0.2) is 0 Å². The molecule has 0 aliphatic carbocycles. The molecule has 1 aromatic carbocycles. The summed E-state index contributed by atoms with van der Waals surface area (Å²) in [5.74, 6) is 0.0426. The zero-order valence-electron chi connectivity index (χ0n) is 11.7. The largest absolute Gasteiger partial charge is 0.361 e. The molecular weight excluding hydrogens is 262 g/mol. The number of carbonyl (C=O) groups excluding carboxylic acids is 1. The summed E-state index contributed by atoms with van der Waals surface area (Å²) in [6.45, 7) is 0.645. The van der Waals surface area contributed by atoms with E-state index in [0.29, 0.717) is 13.0 Å². The SMILES string of the molecule is O=C(Cc1ccncc1)NCCc1c[nH]c2ccccc12. The van der Waals surface area contributed by atoms with Gasteiger partial charge in [-0.1, -0.05) is 18.2 Å². The average molecular weight is 279 g/mol. The van der Waals surface area contributed by atoms with Gasteiger partial charge in [0.05, 0.1) is 6.42 Å². The number of amides is 1. The molecule has 0 fully saturated rings. The third kappa shape index (κ3) is 3.28. The average Bonchev–Trinajstić information content (AvgIpc) is 2.92. The molecule has 2 N–H and O–H groups in total. The third-order valence-electron chi connectivity index (χ3n) is 3.51. The van der Waals surface area contributed by atoms with Crippen LogP contribution in [0.15, 0.2) is 55.0 Å². The lowest BCUT2D eigenvalue weighted by Gasteiger charge is -2.05. The maximum Gasteiger partial charge on any atom is 0.224 e. The van der Waals surface area contributed by atoms with Crippen LogP contribution in [-0.2, 0) is 17.6 Å². The third-order valence-corrected chi connectivity index (χ3v) is 3.51. The summed E-state index contributed by atoms with van der Waals surface area (Å²) in [6, 6.07) is 11.9. The van der Waals surface area contributed by atoms with Crippen molar-refractivity contribution in [3.05, 3.63) is 66.1 Å². The van der Waals surface area contributed by atoms with Gasteiger partial charge in [-0.3, -0.25) is 9.78 Å². The predicted molar refractivity (Wildman–Crippen MR) is 83.0 cm³/mol. The Labute approximate surface area is 123 Å². The van der Waals surface area contributed by atoms with Crippen LogP contribution in [0.2, 0.25) is 0 Å². The van der Waals surface area contributed by atoms with Crippen LogP contribution >= 0.6 is 0 Å². The number of hydrogen-bond acceptors (Lipinski definition) is 2. The van der Waals surface area contributed by atoms with E-state index in [0.717, 1.165) is 17.5 Å². The summed E-state index contributed by atoms with van der Waals surface area (Å²) in [4.78, 5) is 19.1. The molecule has 2 aromatic heterocycles. The molecule has 4 heteroatoms. The summed E-state index contributed by atoms with van der Waals surface area (Å²) in [5.41, 5.74) is 3.35.